The predicted octanol–water partition coefficient (Wildman–Crippen LogP) is 3.88. The fourth-order valence-electron chi connectivity index (χ4n) is 4.32. The Hall–Kier alpha value is -4.33. The Morgan fingerprint density at radius 1 is 1.09 bits per heavy atom. The van der Waals surface area contributed by atoms with Gasteiger partial charge in [-0.05, 0) is 42.3 Å². The van der Waals surface area contributed by atoms with Gasteiger partial charge < -0.3 is 19.4 Å². The van der Waals surface area contributed by atoms with Crippen LogP contribution in [0.25, 0.3) is 11.5 Å². The summed E-state index contributed by atoms with van der Waals surface area (Å²) in [6.07, 6.45) is 1.56. The number of ether oxygens (including phenoxy) is 1. The average Bonchev–Trinajstić information content (AvgIpc) is 3.56. The smallest absolute Gasteiger partial charge is 0.273 e. The molecule has 2 amide bonds. The third-order valence-corrected chi connectivity index (χ3v) is 6.36. The van der Waals surface area contributed by atoms with Gasteiger partial charge in [-0.3, -0.25) is 14.3 Å². The maximum atomic E-state index is 13.7. The molecule has 3 heterocycles. The molecule has 8 heteroatoms. The predicted molar refractivity (Wildman–Crippen MR) is 129 cm³/mol. The Balaban J connectivity index is 1.45. The fraction of sp³-hybridized carbons (Fsp3) is 0.222. The topological polar surface area (TPSA) is 89.6 Å². The van der Waals surface area contributed by atoms with E-state index in [2.05, 4.69) is 10.4 Å². The molecule has 5 rings (SSSR count). The zero-order chi connectivity index (χ0) is 24.4. The van der Waals surface area contributed by atoms with E-state index in [1.807, 2.05) is 54.6 Å². The summed E-state index contributed by atoms with van der Waals surface area (Å²) in [5.41, 5.74) is 1.70. The van der Waals surface area contributed by atoms with Gasteiger partial charge in [0.05, 0.1) is 19.9 Å². The van der Waals surface area contributed by atoms with Crippen molar-refractivity contribution in [3.05, 3.63) is 95.9 Å². The molecule has 0 bridgehead atoms. The van der Waals surface area contributed by atoms with E-state index in [9.17, 15) is 9.59 Å². The number of carbonyl (C=O) groups is 2. The van der Waals surface area contributed by atoms with Gasteiger partial charge in [-0.1, -0.05) is 42.5 Å². The molecule has 178 valence electrons. The molecule has 2 aromatic carbocycles. The van der Waals surface area contributed by atoms with E-state index in [4.69, 9.17) is 9.15 Å². The lowest BCUT2D eigenvalue weighted by atomic mass is 9.94. The first-order valence-corrected chi connectivity index (χ1v) is 11.4. The SMILES string of the molecule is COc1ccc(CNC(=O)C2(C)Cn3nc(-c4ccco4)cc3C(=O)N2Cc2ccccc2)cc1. The summed E-state index contributed by atoms with van der Waals surface area (Å²) >= 11 is 0. The number of carbonyl (C=O) groups excluding carboxylic acids is 2. The van der Waals surface area contributed by atoms with Gasteiger partial charge in [0.1, 0.15) is 22.7 Å². The van der Waals surface area contributed by atoms with E-state index in [-0.39, 0.29) is 18.4 Å². The van der Waals surface area contributed by atoms with Crippen molar-refractivity contribution >= 4 is 11.8 Å². The summed E-state index contributed by atoms with van der Waals surface area (Å²) in [6.45, 7) is 2.63. The number of hydrogen-bond acceptors (Lipinski definition) is 5. The third-order valence-electron chi connectivity index (χ3n) is 6.36. The second-order valence-corrected chi connectivity index (χ2v) is 8.73. The summed E-state index contributed by atoms with van der Waals surface area (Å²) in [6, 6.07) is 22.4. The third kappa shape index (κ3) is 4.30. The Morgan fingerprint density at radius 3 is 2.54 bits per heavy atom. The zero-order valence-electron chi connectivity index (χ0n) is 19.6. The maximum absolute atomic E-state index is 13.7. The van der Waals surface area contributed by atoms with Crippen LogP contribution in [-0.2, 0) is 24.4 Å². The molecule has 2 aromatic heterocycles. The van der Waals surface area contributed by atoms with E-state index in [1.54, 1.807) is 48.1 Å². The van der Waals surface area contributed by atoms with Crippen molar-refractivity contribution in [2.45, 2.75) is 32.1 Å². The molecule has 0 fully saturated rings. The normalized spacial score (nSPS) is 17.2. The van der Waals surface area contributed by atoms with Crippen LogP contribution in [0, 0.1) is 0 Å². The van der Waals surface area contributed by atoms with Crippen molar-refractivity contribution in [2.75, 3.05) is 7.11 Å². The van der Waals surface area contributed by atoms with Crippen LogP contribution in [0.15, 0.2) is 83.5 Å². The zero-order valence-corrected chi connectivity index (χ0v) is 19.6. The molecular formula is C27H26N4O4. The number of furan rings is 1. The van der Waals surface area contributed by atoms with Crippen LogP contribution in [-0.4, -0.2) is 39.1 Å². The van der Waals surface area contributed by atoms with Crippen LogP contribution in [0.1, 0.15) is 28.5 Å². The van der Waals surface area contributed by atoms with Crippen LogP contribution in [0.5, 0.6) is 5.75 Å². The van der Waals surface area contributed by atoms with Crippen molar-refractivity contribution in [2.24, 2.45) is 0 Å². The molecule has 0 spiro atoms. The summed E-state index contributed by atoms with van der Waals surface area (Å²) < 4.78 is 12.3. The number of benzene rings is 2. The number of methoxy groups -OCH3 is 1. The van der Waals surface area contributed by atoms with E-state index in [0.717, 1.165) is 16.9 Å². The second kappa shape index (κ2) is 9.13. The molecule has 1 unspecified atom stereocenters. The number of hydrogen-bond donors (Lipinski definition) is 1. The fourth-order valence-corrected chi connectivity index (χ4v) is 4.32. The quantitative estimate of drug-likeness (QED) is 0.443. The van der Waals surface area contributed by atoms with E-state index < -0.39 is 5.54 Å². The van der Waals surface area contributed by atoms with E-state index in [1.165, 1.54) is 0 Å². The molecular weight excluding hydrogens is 444 g/mol. The Labute approximate surface area is 203 Å². The van der Waals surface area contributed by atoms with Crippen molar-refractivity contribution in [3.8, 4) is 17.2 Å². The molecule has 0 saturated heterocycles. The molecule has 1 N–H and O–H groups in total. The standard InChI is InChI=1S/C27H26N4O4/c1-27(26(33)28-16-19-10-12-21(34-2)13-11-19)18-31-23(15-22(29-31)24-9-6-14-35-24)25(32)30(27)17-20-7-4-3-5-8-20/h3-15H,16-18H2,1-2H3,(H,28,33). The number of nitrogens with zero attached hydrogens (tertiary/aromatic N) is 3. The molecule has 1 aliphatic rings. The molecule has 1 atom stereocenters. The van der Waals surface area contributed by atoms with Crippen molar-refractivity contribution in [1.82, 2.24) is 20.0 Å². The second-order valence-electron chi connectivity index (χ2n) is 8.73. The van der Waals surface area contributed by atoms with Crippen molar-refractivity contribution < 1.29 is 18.7 Å². The minimum absolute atomic E-state index is 0.218. The average molecular weight is 471 g/mol. The molecule has 0 saturated carbocycles. The first kappa shape index (κ1) is 22.5. The van der Waals surface area contributed by atoms with Crippen LogP contribution in [0.3, 0.4) is 0 Å². The largest absolute Gasteiger partial charge is 0.497 e. The highest BCUT2D eigenvalue weighted by Crippen LogP contribution is 2.31. The summed E-state index contributed by atoms with van der Waals surface area (Å²) in [5, 5.41) is 7.60. The highest BCUT2D eigenvalue weighted by molar-refractivity contribution is 6.00. The van der Waals surface area contributed by atoms with Gasteiger partial charge >= 0.3 is 0 Å². The molecule has 0 radical (unpaired) electrons. The lowest BCUT2D eigenvalue weighted by molar-refractivity contribution is -0.133. The lowest BCUT2D eigenvalue weighted by Crippen LogP contribution is -2.63. The van der Waals surface area contributed by atoms with Crippen LogP contribution < -0.4 is 10.1 Å². The van der Waals surface area contributed by atoms with Gasteiger partial charge in [0.15, 0.2) is 5.76 Å². The minimum Gasteiger partial charge on any atom is -0.497 e. The van der Waals surface area contributed by atoms with Gasteiger partial charge in [-0.2, -0.15) is 5.10 Å². The molecule has 4 aromatic rings. The van der Waals surface area contributed by atoms with Crippen molar-refractivity contribution in [1.29, 1.82) is 0 Å². The number of nitrogens with one attached hydrogen (secondary N) is 1. The number of amides is 2. The van der Waals surface area contributed by atoms with E-state index in [0.29, 0.717) is 30.2 Å². The molecule has 8 nitrogen and oxygen atoms in total. The first-order valence-electron chi connectivity index (χ1n) is 11.4. The lowest BCUT2D eigenvalue weighted by Gasteiger charge is -2.43. The van der Waals surface area contributed by atoms with Gasteiger partial charge in [0.25, 0.3) is 5.91 Å². The summed E-state index contributed by atoms with van der Waals surface area (Å²) in [7, 11) is 1.61. The van der Waals surface area contributed by atoms with Gasteiger partial charge in [-0.15, -0.1) is 0 Å². The summed E-state index contributed by atoms with van der Waals surface area (Å²) in [4.78, 5) is 29.0. The van der Waals surface area contributed by atoms with Gasteiger partial charge in [-0.25, -0.2) is 0 Å². The Morgan fingerprint density at radius 2 is 1.86 bits per heavy atom. The van der Waals surface area contributed by atoms with Gasteiger partial charge in [0.2, 0.25) is 5.91 Å². The van der Waals surface area contributed by atoms with E-state index >= 15 is 0 Å². The molecule has 35 heavy (non-hydrogen) atoms. The molecule has 1 aliphatic heterocycles. The van der Waals surface area contributed by atoms with Crippen LogP contribution in [0.4, 0.5) is 0 Å². The summed E-state index contributed by atoms with van der Waals surface area (Å²) in [5.74, 6) is 0.809. The Kier molecular flexibility index (Phi) is 5.86. The number of aromatic nitrogens is 2. The number of fused-ring (bicyclic) bond motifs is 1. The maximum Gasteiger partial charge on any atom is 0.273 e. The van der Waals surface area contributed by atoms with Crippen LogP contribution in [0.2, 0.25) is 0 Å². The van der Waals surface area contributed by atoms with Crippen molar-refractivity contribution in [3.63, 3.8) is 0 Å². The van der Waals surface area contributed by atoms with Crippen LogP contribution >= 0.6 is 0 Å². The highest BCUT2D eigenvalue weighted by Gasteiger charge is 2.48. The minimum atomic E-state index is -1.15. The molecule has 0 aliphatic carbocycles. The Bertz CT molecular complexity index is 1330. The monoisotopic (exact) mass is 470 g/mol. The van der Waals surface area contributed by atoms with Gasteiger partial charge in [0, 0.05) is 19.2 Å². The number of rotatable bonds is 7. The first-order chi connectivity index (χ1) is 17.0. The highest BCUT2D eigenvalue weighted by atomic mass is 16.5.